The first kappa shape index (κ1) is 12.9. The Hall–Kier alpha value is -1.56. The van der Waals surface area contributed by atoms with Crippen molar-refractivity contribution in [3.8, 4) is 0 Å². The number of nitrogens with zero attached hydrogens (tertiary/aromatic N) is 1. The maximum Gasteiger partial charge on any atom is 0.323 e. The third kappa shape index (κ3) is 3.46. The van der Waals surface area contributed by atoms with Gasteiger partial charge in [0.05, 0.1) is 0 Å². The number of aliphatic carboxylic acids is 1. The molecule has 18 heavy (non-hydrogen) atoms. The van der Waals surface area contributed by atoms with Gasteiger partial charge in [-0.05, 0) is 31.0 Å². The summed E-state index contributed by atoms with van der Waals surface area (Å²) in [6.07, 6.45) is 1.75. The molecule has 2 N–H and O–H groups in total. The van der Waals surface area contributed by atoms with Gasteiger partial charge in [-0.2, -0.15) is 0 Å². The molecule has 0 atom stereocenters. The number of hydrogen-bond acceptors (Lipinski definition) is 2. The standard InChI is InChI=1S/C12H13BrN2O3/c13-8-2-1-3-9(6-8)14-12(18)15(7-11(16)17)10-4-5-10/h1-3,6,10H,4-5,7H2,(H,14,18)(H,16,17). The second-order valence-corrected chi connectivity index (χ2v) is 5.11. The summed E-state index contributed by atoms with van der Waals surface area (Å²) in [5.74, 6) is -0.994. The van der Waals surface area contributed by atoms with E-state index in [-0.39, 0.29) is 18.6 Å². The molecule has 0 unspecified atom stereocenters. The van der Waals surface area contributed by atoms with Crippen LogP contribution in [0.15, 0.2) is 28.7 Å². The molecule has 1 aromatic carbocycles. The van der Waals surface area contributed by atoms with Gasteiger partial charge in [0.2, 0.25) is 0 Å². The van der Waals surface area contributed by atoms with E-state index in [2.05, 4.69) is 21.2 Å². The van der Waals surface area contributed by atoms with E-state index in [4.69, 9.17) is 5.11 Å². The van der Waals surface area contributed by atoms with Crippen molar-refractivity contribution < 1.29 is 14.7 Å². The number of halogens is 1. The molecule has 1 fully saturated rings. The third-order valence-electron chi connectivity index (χ3n) is 2.63. The Balaban J connectivity index is 2.02. The van der Waals surface area contributed by atoms with E-state index in [1.807, 2.05) is 6.07 Å². The fourth-order valence-electron chi connectivity index (χ4n) is 1.66. The van der Waals surface area contributed by atoms with Crippen LogP contribution in [0.3, 0.4) is 0 Å². The largest absolute Gasteiger partial charge is 0.480 e. The summed E-state index contributed by atoms with van der Waals surface area (Å²) in [6.45, 7) is -0.259. The molecule has 0 aliphatic heterocycles. The van der Waals surface area contributed by atoms with Crippen LogP contribution in [0.2, 0.25) is 0 Å². The molecule has 1 saturated carbocycles. The number of carboxylic acid groups (broad SMARTS) is 1. The van der Waals surface area contributed by atoms with Gasteiger partial charge in [-0.25, -0.2) is 4.79 Å². The maximum atomic E-state index is 12.0. The van der Waals surface area contributed by atoms with Gasteiger partial charge < -0.3 is 15.3 Å². The minimum atomic E-state index is -0.994. The molecule has 0 radical (unpaired) electrons. The van der Waals surface area contributed by atoms with Crippen molar-refractivity contribution in [1.29, 1.82) is 0 Å². The fourth-order valence-corrected chi connectivity index (χ4v) is 2.06. The quantitative estimate of drug-likeness (QED) is 0.897. The summed E-state index contributed by atoms with van der Waals surface area (Å²) >= 11 is 3.31. The van der Waals surface area contributed by atoms with Crippen LogP contribution >= 0.6 is 15.9 Å². The molecule has 0 heterocycles. The van der Waals surface area contributed by atoms with Gasteiger partial charge in [-0.3, -0.25) is 4.79 Å². The minimum Gasteiger partial charge on any atom is -0.480 e. The van der Waals surface area contributed by atoms with Crippen LogP contribution in [-0.2, 0) is 4.79 Å². The number of rotatable bonds is 4. The molecule has 5 nitrogen and oxygen atoms in total. The number of hydrogen-bond donors (Lipinski definition) is 2. The van der Waals surface area contributed by atoms with Gasteiger partial charge in [-0.15, -0.1) is 0 Å². The number of carboxylic acids is 1. The SMILES string of the molecule is O=C(O)CN(C(=O)Nc1cccc(Br)c1)C1CC1. The molecule has 0 aromatic heterocycles. The number of benzene rings is 1. The van der Waals surface area contributed by atoms with Gasteiger partial charge >= 0.3 is 12.0 Å². The molecule has 1 aromatic rings. The van der Waals surface area contributed by atoms with E-state index in [0.717, 1.165) is 17.3 Å². The van der Waals surface area contributed by atoms with E-state index in [1.165, 1.54) is 4.90 Å². The Morgan fingerprint density at radius 1 is 1.44 bits per heavy atom. The van der Waals surface area contributed by atoms with Crippen LogP contribution in [0.25, 0.3) is 0 Å². The first-order chi connectivity index (χ1) is 8.56. The summed E-state index contributed by atoms with van der Waals surface area (Å²) < 4.78 is 0.858. The van der Waals surface area contributed by atoms with E-state index in [9.17, 15) is 9.59 Å². The molecular formula is C12H13BrN2O3. The summed E-state index contributed by atoms with van der Waals surface area (Å²) in [4.78, 5) is 24.1. The number of anilines is 1. The summed E-state index contributed by atoms with van der Waals surface area (Å²) in [6, 6.07) is 6.88. The number of amides is 2. The van der Waals surface area contributed by atoms with Crippen molar-refractivity contribution in [3.05, 3.63) is 28.7 Å². The van der Waals surface area contributed by atoms with Crippen LogP contribution in [0.1, 0.15) is 12.8 Å². The zero-order chi connectivity index (χ0) is 13.1. The highest BCUT2D eigenvalue weighted by Crippen LogP contribution is 2.27. The van der Waals surface area contributed by atoms with Gasteiger partial charge in [0.25, 0.3) is 0 Å². The van der Waals surface area contributed by atoms with E-state index < -0.39 is 5.97 Å². The molecular weight excluding hydrogens is 300 g/mol. The van der Waals surface area contributed by atoms with E-state index in [0.29, 0.717) is 5.69 Å². The molecule has 2 rings (SSSR count). The molecule has 6 heteroatoms. The van der Waals surface area contributed by atoms with E-state index in [1.54, 1.807) is 18.2 Å². The maximum absolute atomic E-state index is 12.0. The van der Waals surface area contributed by atoms with Crippen LogP contribution in [0.5, 0.6) is 0 Å². The van der Waals surface area contributed by atoms with Crippen LogP contribution in [0, 0.1) is 0 Å². The summed E-state index contributed by atoms with van der Waals surface area (Å²) in [5, 5.41) is 11.5. The van der Waals surface area contributed by atoms with Crippen molar-refractivity contribution in [2.45, 2.75) is 18.9 Å². The lowest BCUT2D eigenvalue weighted by molar-refractivity contribution is -0.137. The van der Waals surface area contributed by atoms with Crippen molar-refractivity contribution in [3.63, 3.8) is 0 Å². The Morgan fingerprint density at radius 3 is 2.72 bits per heavy atom. The molecule has 0 saturated heterocycles. The number of nitrogens with one attached hydrogen (secondary N) is 1. The van der Waals surface area contributed by atoms with Crippen molar-refractivity contribution in [1.82, 2.24) is 4.90 Å². The van der Waals surface area contributed by atoms with Gasteiger partial charge in [0.1, 0.15) is 6.54 Å². The van der Waals surface area contributed by atoms with Crippen LogP contribution in [-0.4, -0.2) is 34.6 Å². The molecule has 1 aliphatic carbocycles. The predicted molar refractivity (Wildman–Crippen MR) is 70.5 cm³/mol. The minimum absolute atomic E-state index is 0.0632. The molecule has 2 amide bonds. The number of carbonyl (C=O) groups is 2. The zero-order valence-corrected chi connectivity index (χ0v) is 11.2. The Bertz CT molecular complexity index is 474. The summed E-state index contributed by atoms with van der Waals surface area (Å²) in [5.41, 5.74) is 0.644. The molecule has 0 spiro atoms. The number of urea groups is 1. The highest BCUT2D eigenvalue weighted by Gasteiger charge is 2.33. The Labute approximate surface area is 113 Å². The molecule has 1 aliphatic rings. The lowest BCUT2D eigenvalue weighted by atomic mass is 10.3. The average Bonchev–Trinajstić information content (AvgIpc) is 3.09. The van der Waals surface area contributed by atoms with Crippen LogP contribution in [0.4, 0.5) is 10.5 Å². The number of carbonyl (C=O) groups excluding carboxylic acids is 1. The second kappa shape index (κ2) is 5.39. The Kier molecular flexibility index (Phi) is 3.86. The highest BCUT2D eigenvalue weighted by molar-refractivity contribution is 9.10. The fraction of sp³-hybridized carbons (Fsp3) is 0.333. The van der Waals surface area contributed by atoms with Gasteiger partial charge in [0, 0.05) is 16.2 Å². The molecule has 0 bridgehead atoms. The zero-order valence-electron chi connectivity index (χ0n) is 9.60. The monoisotopic (exact) mass is 312 g/mol. The lowest BCUT2D eigenvalue weighted by Gasteiger charge is -2.20. The first-order valence-corrected chi connectivity index (χ1v) is 6.40. The van der Waals surface area contributed by atoms with Crippen molar-refractivity contribution in [2.24, 2.45) is 0 Å². The second-order valence-electron chi connectivity index (χ2n) is 4.19. The molecule has 96 valence electrons. The first-order valence-electron chi connectivity index (χ1n) is 5.61. The predicted octanol–water partition coefficient (Wildman–Crippen LogP) is 2.53. The highest BCUT2D eigenvalue weighted by atomic mass is 79.9. The Morgan fingerprint density at radius 2 is 2.17 bits per heavy atom. The normalized spacial score (nSPS) is 14.1. The van der Waals surface area contributed by atoms with Gasteiger partial charge in [-0.1, -0.05) is 22.0 Å². The average molecular weight is 313 g/mol. The topological polar surface area (TPSA) is 69.6 Å². The smallest absolute Gasteiger partial charge is 0.323 e. The van der Waals surface area contributed by atoms with E-state index >= 15 is 0 Å². The third-order valence-corrected chi connectivity index (χ3v) is 3.12. The van der Waals surface area contributed by atoms with Crippen LogP contribution < -0.4 is 5.32 Å². The summed E-state index contributed by atoms with van der Waals surface area (Å²) in [7, 11) is 0. The lowest BCUT2D eigenvalue weighted by Crippen LogP contribution is -2.40. The van der Waals surface area contributed by atoms with Gasteiger partial charge in [0.15, 0.2) is 0 Å². The van der Waals surface area contributed by atoms with Crippen molar-refractivity contribution >= 4 is 33.6 Å². The van der Waals surface area contributed by atoms with Crippen molar-refractivity contribution in [2.75, 3.05) is 11.9 Å².